The van der Waals surface area contributed by atoms with E-state index >= 15 is 0 Å². The SMILES string of the molecule is CC(CCC(C(C)(C)C)C(C)(C)C)C1CCC2C3CC=C4CCCCC4(C)C3CCC12C. The Balaban J connectivity index is 1.47. The van der Waals surface area contributed by atoms with E-state index in [1.807, 2.05) is 5.57 Å². The van der Waals surface area contributed by atoms with Gasteiger partial charge in [-0.2, -0.15) is 0 Å². The third-order valence-electron chi connectivity index (χ3n) is 11.8. The highest BCUT2D eigenvalue weighted by Gasteiger charge is 2.58. The van der Waals surface area contributed by atoms with Crippen LogP contribution in [-0.4, -0.2) is 0 Å². The molecule has 3 fully saturated rings. The molecule has 0 bridgehead atoms. The highest BCUT2D eigenvalue weighted by Crippen LogP contribution is 2.67. The number of fused-ring (bicyclic) bond motifs is 5. The maximum atomic E-state index is 2.75. The Bertz CT molecular complexity index is 685. The summed E-state index contributed by atoms with van der Waals surface area (Å²) in [5.41, 5.74) is 3.83. The molecule has 0 spiro atoms. The molecule has 32 heavy (non-hydrogen) atoms. The van der Waals surface area contributed by atoms with Gasteiger partial charge in [0.05, 0.1) is 0 Å². The van der Waals surface area contributed by atoms with Gasteiger partial charge in [-0.05, 0) is 115 Å². The second-order valence-corrected chi connectivity index (χ2v) is 15.5. The lowest BCUT2D eigenvalue weighted by Crippen LogP contribution is -2.50. The molecule has 7 atom stereocenters. The fourth-order valence-electron chi connectivity index (χ4n) is 10.5. The summed E-state index contributed by atoms with van der Waals surface area (Å²) in [5, 5.41) is 0. The lowest BCUT2D eigenvalue weighted by atomic mass is 9.47. The van der Waals surface area contributed by atoms with Crippen LogP contribution < -0.4 is 0 Å². The molecule has 0 nitrogen and oxygen atoms in total. The van der Waals surface area contributed by atoms with Gasteiger partial charge in [0, 0.05) is 0 Å². The quantitative estimate of drug-likeness (QED) is 0.381. The summed E-state index contributed by atoms with van der Waals surface area (Å²) in [6, 6.07) is 0. The average molecular weight is 441 g/mol. The molecule has 4 aliphatic rings. The van der Waals surface area contributed by atoms with Crippen molar-refractivity contribution in [1.82, 2.24) is 0 Å². The summed E-state index contributed by atoms with van der Waals surface area (Å²) < 4.78 is 0. The van der Waals surface area contributed by atoms with E-state index < -0.39 is 0 Å². The Morgan fingerprint density at radius 2 is 1.56 bits per heavy atom. The number of rotatable bonds is 4. The molecule has 4 rings (SSSR count). The van der Waals surface area contributed by atoms with Gasteiger partial charge in [-0.25, -0.2) is 0 Å². The zero-order chi connectivity index (χ0) is 23.5. The van der Waals surface area contributed by atoms with Crippen LogP contribution in [0.1, 0.15) is 133 Å². The van der Waals surface area contributed by atoms with Crippen LogP contribution in [0.2, 0.25) is 0 Å². The van der Waals surface area contributed by atoms with Gasteiger partial charge >= 0.3 is 0 Å². The second-order valence-electron chi connectivity index (χ2n) is 15.5. The number of hydrogen-bond donors (Lipinski definition) is 0. The van der Waals surface area contributed by atoms with Gasteiger partial charge < -0.3 is 0 Å². The third-order valence-corrected chi connectivity index (χ3v) is 11.8. The van der Waals surface area contributed by atoms with Crippen molar-refractivity contribution in [2.24, 2.45) is 57.2 Å². The van der Waals surface area contributed by atoms with E-state index in [-0.39, 0.29) is 0 Å². The van der Waals surface area contributed by atoms with E-state index in [0.717, 1.165) is 35.5 Å². The lowest BCUT2D eigenvalue weighted by Gasteiger charge is -2.58. The van der Waals surface area contributed by atoms with E-state index in [9.17, 15) is 0 Å². The zero-order valence-electron chi connectivity index (χ0n) is 23.3. The maximum Gasteiger partial charge on any atom is -0.00853 e. The van der Waals surface area contributed by atoms with Crippen LogP contribution in [-0.2, 0) is 0 Å². The Hall–Kier alpha value is -0.260. The second kappa shape index (κ2) is 8.45. The molecule has 184 valence electrons. The summed E-state index contributed by atoms with van der Waals surface area (Å²) in [5.74, 6) is 5.60. The molecule has 0 aromatic carbocycles. The Labute approximate surface area is 201 Å². The van der Waals surface area contributed by atoms with Crippen LogP contribution >= 0.6 is 0 Å². The molecule has 4 aliphatic carbocycles. The molecule has 0 aromatic rings. The fraction of sp³-hybridized carbons (Fsp3) is 0.938. The van der Waals surface area contributed by atoms with Crippen molar-refractivity contribution in [3.63, 3.8) is 0 Å². The molecule has 0 aromatic heterocycles. The predicted octanol–water partition coefficient (Wildman–Crippen LogP) is 10.1. The van der Waals surface area contributed by atoms with E-state index in [0.29, 0.717) is 21.7 Å². The van der Waals surface area contributed by atoms with Gasteiger partial charge in [0.25, 0.3) is 0 Å². The molecule has 3 saturated carbocycles. The fourth-order valence-corrected chi connectivity index (χ4v) is 10.5. The Kier molecular flexibility index (Phi) is 6.56. The van der Waals surface area contributed by atoms with Gasteiger partial charge in [0.1, 0.15) is 0 Å². The molecular formula is C32H56. The first-order chi connectivity index (χ1) is 14.8. The first-order valence-corrected chi connectivity index (χ1v) is 14.5. The molecule has 0 heteroatoms. The first kappa shape index (κ1) is 24.9. The van der Waals surface area contributed by atoms with E-state index in [2.05, 4.69) is 68.4 Å². The first-order valence-electron chi connectivity index (χ1n) is 14.5. The van der Waals surface area contributed by atoms with Gasteiger partial charge in [-0.3, -0.25) is 0 Å². The molecule has 0 radical (unpaired) electrons. The van der Waals surface area contributed by atoms with Crippen molar-refractivity contribution in [1.29, 1.82) is 0 Å². The lowest BCUT2D eigenvalue weighted by molar-refractivity contribution is -0.0510. The van der Waals surface area contributed by atoms with Crippen molar-refractivity contribution in [3.8, 4) is 0 Å². The summed E-state index contributed by atoms with van der Waals surface area (Å²) in [4.78, 5) is 0. The van der Waals surface area contributed by atoms with Crippen LogP contribution in [0.15, 0.2) is 11.6 Å². The summed E-state index contributed by atoms with van der Waals surface area (Å²) >= 11 is 0. The topological polar surface area (TPSA) is 0 Å². The predicted molar refractivity (Wildman–Crippen MR) is 141 cm³/mol. The van der Waals surface area contributed by atoms with E-state index in [4.69, 9.17) is 0 Å². The zero-order valence-corrected chi connectivity index (χ0v) is 23.3. The molecule has 0 N–H and O–H groups in total. The third kappa shape index (κ3) is 4.17. The van der Waals surface area contributed by atoms with Gasteiger partial charge in [0.15, 0.2) is 0 Å². The summed E-state index contributed by atoms with van der Waals surface area (Å²) in [7, 11) is 0. The average Bonchev–Trinajstić information content (AvgIpc) is 3.02. The largest absolute Gasteiger partial charge is 0.0845 e. The Morgan fingerprint density at radius 3 is 2.22 bits per heavy atom. The van der Waals surface area contributed by atoms with E-state index in [1.54, 1.807) is 0 Å². The minimum atomic E-state index is 0.403. The molecule has 0 heterocycles. The van der Waals surface area contributed by atoms with Crippen molar-refractivity contribution in [2.75, 3.05) is 0 Å². The molecule has 0 amide bonds. The van der Waals surface area contributed by atoms with Crippen LogP contribution in [0.4, 0.5) is 0 Å². The standard InChI is InChI=1S/C32H56/c1-22(13-18-28(29(2,3)4)30(5,6)7)25-16-17-26-24-15-14-23-12-10-11-20-31(23,8)27(24)19-21-32(25,26)9/h14,22,24-28H,10-13,15-21H2,1-9H3. The Morgan fingerprint density at radius 1 is 0.875 bits per heavy atom. The van der Waals surface area contributed by atoms with Crippen LogP contribution in [0.5, 0.6) is 0 Å². The van der Waals surface area contributed by atoms with Crippen LogP contribution in [0.25, 0.3) is 0 Å². The summed E-state index contributed by atoms with van der Waals surface area (Å²) in [6.07, 6.45) is 18.9. The minimum Gasteiger partial charge on any atom is -0.0845 e. The highest BCUT2D eigenvalue weighted by atomic mass is 14.6. The van der Waals surface area contributed by atoms with Crippen molar-refractivity contribution in [2.45, 2.75) is 133 Å². The van der Waals surface area contributed by atoms with Crippen molar-refractivity contribution in [3.05, 3.63) is 11.6 Å². The van der Waals surface area contributed by atoms with Gasteiger partial charge in [0.2, 0.25) is 0 Å². The van der Waals surface area contributed by atoms with Crippen LogP contribution in [0.3, 0.4) is 0 Å². The smallest absolute Gasteiger partial charge is 0.00853 e. The maximum absolute atomic E-state index is 2.75. The monoisotopic (exact) mass is 440 g/mol. The molecule has 0 aliphatic heterocycles. The van der Waals surface area contributed by atoms with Gasteiger partial charge in [-0.15, -0.1) is 0 Å². The van der Waals surface area contributed by atoms with Crippen molar-refractivity contribution >= 4 is 0 Å². The molecular weight excluding hydrogens is 384 g/mol. The minimum absolute atomic E-state index is 0.403. The molecule has 7 unspecified atom stereocenters. The summed E-state index contributed by atoms with van der Waals surface area (Å²) in [6.45, 7) is 22.9. The van der Waals surface area contributed by atoms with E-state index in [1.165, 1.54) is 70.6 Å². The van der Waals surface area contributed by atoms with Crippen LogP contribution in [0, 0.1) is 57.2 Å². The number of allylic oxidation sites excluding steroid dienone is 2. The number of hydrogen-bond acceptors (Lipinski definition) is 0. The molecule has 0 saturated heterocycles. The van der Waals surface area contributed by atoms with Crippen molar-refractivity contribution < 1.29 is 0 Å². The normalized spacial score (nSPS) is 41.0. The highest BCUT2D eigenvalue weighted by molar-refractivity contribution is 5.24. The van der Waals surface area contributed by atoms with Gasteiger partial charge in [-0.1, -0.05) is 86.8 Å².